The van der Waals surface area contributed by atoms with Crippen LogP contribution >= 0.6 is 0 Å². The summed E-state index contributed by atoms with van der Waals surface area (Å²) < 4.78 is 8.73. The van der Waals surface area contributed by atoms with Crippen LogP contribution in [0.5, 0.6) is 0 Å². The van der Waals surface area contributed by atoms with Gasteiger partial charge in [0.1, 0.15) is 11.2 Å². The van der Waals surface area contributed by atoms with Crippen LogP contribution in [0.15, 0.2) is 211 Å². The van der Waals surface area contributed by atoms with Crippen LogP contribution in [-0.4, -0.2) is 19.5 Å². The predicted molar refractivity (Wildman–Crippen MR) is 256 cm³/mol. The van der Waals surface area contributed by atoms with Crippen LogP contribution in [-0.2, 0) is 0 Å². The molecule has 288 valence electrons. The molecule has 13 aromatic rings. The molecule has 0 amide bonds. The Labute approximate surface area is 355 Å². The van der Waals surface area contributed by atoms with E-state index < -0.39 is 0 Å². The zero-order valence-corrected chi connectivity index (χ0v) is 33.3. The molecule has 0 saturated carbocycles. The molecule has 5 heteroatoms. The molecule has 5 nitrogen and oxygen atoms in total. The van der Waals surface area contributed by atoms with Gasteiger partial charge in [-0.2, -0.15) is 0 Å². The summed E-state index contributed by atoms with van der Waals surface area (Å²) in [7, 11) is 0. The van der Waals surface area contributed by atoms with Gasteiger partial charge in [0.15, 0.2) is 17.5 Å². The maximum atomic E-state index is 6.37. The van der Waals surface area contributed by atoms with Gasteiger partial charge >= 0.3 is 0 Å². The number of furan rings is 1. The molecule has 0 atom stereocenters. The minimum atomic E-state index is 0.576. The molecule has 10 aromatic carbocycles. The molecule has 0 spiro atoms. The predicted octanol–water partition coefficient (Wildman–Crippen LogP) is 15.0. The highest BCUT2D eigenvalue weighted by Crippen LogP contribution is 2.44. The Bertz CT molecular complexity index is 3920. The van der Waals surface area contributed by atoms with E-state index in [-0.39, 0.29) is 0 Å². The lowest BCUT2D eigenvalue weighted by Gasteiger charge is -2.17. The van der Waals surface area contributed by atoms with Crippen LogP contribution in [0.4, 0.5) is 0 Å². The van der Waals surface area contributed by atoms with Crippen molar-refractivity contribution in [1.82, 2.24) is 19.5 Å². The highest BCUT2D eigenvalue weighted by molar-refractivity contribution is 6.26. The quantitative estimate of drug-likeness (QED) is 0.163. The van der Waals surface area contributed by atoms with Crippen LogP contribution < -0.4 is 0 Å². The number of hydrogen-bond acceptors (Lipinski definition) is 4. The van der Waals surface area contributed by atoms with E-state index in [2.05, 4.69) is 174 Å². The largest absolute Gasteiger partial charge is 0.456 e. The van der Waals surface area contributed by atoms with Crippen LogP contribution in [0.3, 0.4) is 0 Å². The normalized spacial score (nSPS) is 11.9. The van der Waals surface area contributed by atoms with Crippen molar-refractivity contribution in [3.63, 3.8) is 0 Å². The van der Waals surface area contributed by atoms with Gasteiger partial charge in [0.25, 0.3) is 0 Å². The lowest BCUT2D eigenvalue weighted by atomic mass is 9.89. The van der Waals surface area contributed by atoms with Gasteiger partial charge in [-0.3, -0.25) is 0 Å². The first-order valence-corrected chi connectivity index (χ1v) is 20.9. The number of benzene rings is 10. The number of hydrogen-bond donors (Lipinski definition) is 0. The van der Waals surface area contributed by atoms with Gasteiger partial charge in [0.2, 0.25) is 0 Å². The molecule has 0 aliphatic carbocycles. The van der Waals surface area contributed by atoms with Crippen LogP contribution in [0.1, 0.15) is 0 Å². The van der Waals surface area contributed by atoms with Crippen molar-refractivity contribution in [3.8, 4) is 51.0 Å². The summed E-state index contributed by atoms with van der Waals surface area (Å²) in [4.78, 5) is 15.9. The van der Waals surface area contributed by atoms with Crippen LogP contribution in [0.2, 0.25) is 0 Å². The third-order valence-corrected chi connectivity index (χ3v) is 12.4. The highest BCUT2D eigenvalue weighted by Gasteiger charge is 2.21. The molecule has 0 saturated heterocycles. The molecule has 62 heavy (non-hydrogen) atoms. The summed E-state index contributed by atoms with van der Waals surface area (Å²) in [6.07, 6.45) is 0. The molecule has 0 unspecified atom stereocenters. The molecule has 0 bridgehead atoms. The molecule has 0 aliphatic rings. The SMILES string of the molecule is c1ccc(-c2nc(-c3ccc4c(c3)oc3ccccc34)nc(-c3cc4c5ccccc5c5ccccc5c4cc3-c3ccc4c(c3)c3ccccc3n4-c3ccccc3)n2)cc1. The Morgan fingerprint density at radius 3 is 1.53 bits per heavy atom. The topological polar surface area (TPSA) is 56.7 Å². The van der Waals surface area contributed by atoms with Crippen LogP contribution in [0.25, 0.3) is 127 Å². The number of fused-ring (bicyclic) bond motifs is 12. The first-order chi connectivity index (χ1) is 30.7. The molecule has 0 aliphatic heterocycles. The summed E-state index contributed by atoms with van der Waals surface area (Å²) in [6.45, 7) is 0. The summed E-state index contributed by atoms with van der Waals surface area (Å²) >= 11 is 0. The lowest BCUT2D eigenvalue weighted by molar-refractivity contribution is 0.669. The van der Waals surface area contributed by atoms with Crippen molar-refractivity contribution in [2.45, 2.75) is 0 Å². The highest BCUT2D eigenvalue weighted by atomic mass is 16.3. The van der Waals surface area contributed by atoms with Gasteiger partial charge in [-0.15, -0.1) is 0 Å². The first kappa shape index (κ1) is 34.5. The van der Waals surface area contributed by atoms with E-state index in [0.29, 0.717) is 17.5 Å². The second-order valence-electron chi connectivity index (χ2n) is 15.9. The molecule has 3 aromatic heterocycles. The number of aromatic nitrogens is 4. The fourth-order valence-electron chi connectivity index (χ4n) is 9.58. The Morgan fingerprint density at radius 1 is 0.290 bits per heavy atom. The second kappa shape index (κ2) is 13.6. The maximum Gasteiger partial charge on any atom is 0.164 e. The smallest absolute Gasteiger partial charge is 0.164 e. The van der Waals surface area contributed by atoms with E-state index in [1.54, 1.807) is 0 Å². The van der Waals surface area contributed by atoms with Gasteiger partial charge in [-0.1, -0.05) is 146 Å². The van der Waals surface area contributed by atoms with Crippen molar-refractivity contribution < 1.29 is 4.42 Å². The van der Waals surface area contributed by atoms with E-state index in [0.717, 1.165) is 71.9 Å². The Kier molecular flexibility index (Phi) is 7.54. The fraction of sp³-hybridized carbons (Fsp3) is 0. The Balaban J connectivity index is 1.12. The summed E-state index contributed by atoms with van der Waals surface area (Å²) in [5, 5.41) is 11.7. The average Bonchev–Trinajstić information content (AvgIpc) is 3.89. The van der Waals surface area contributed by atoms with E-state index in [9.17, 15) is 0 Å². The molecular weight excluding hydrogens is 757 g/mol. The third kappa shape index (κ3) is 5.32. The molecule has 0 fully saturated rings. The molecule has 13 rings (SSSR count). The van der Waals surface area contributed by atoms with Crippen molar-refractivity contribution in [3.05, 3.63) is 206 Å². The van der Waals surface area contributed by atoms with Crippen molar-refractivity contribution in [2.75, 3.05) is 0 Å². The van der Waals surface area contributed by atoms with Crippen molar-refractivity contribution in [2.24, 2.45) is 0 Å². The van der Waals surface area contributed by atoms with Gasteiger partial charge in [0, 0.05) is 43.9 Å². The van der Waals surface area contributed by atoms with E-state index in [1.807, 2.05) is 36.4 Å². The fourth-order valence-corrected chi connectivity index (χ4v) is 9.58. The van der Waals surface area contributed by atoms with E-state index in [4.69, 9.17) is 19.4 Å². The summed E-state index contributed by atoms with van der Waals surface area (Å²) in [5.41, 5.74) is 9.90. The average molecular weight is 791 g/mol. The van der Waals surface area contributed by atoms with Gasteiger partial charge in [-0.05, 0) is 104 Å². The zero-order valence-electron chi connectivity index (χ0n) is 33.3. The number of rotatable bonds is 5. The monoisotopic (exact) mass is 790 g/mol. The van der Waals surface area contributed by atoms with Gasteiger partial charge in [0.05, 0.1) is 11.0 Å². The Hall–Kier alpha value is -8.41. The number of para-hydroxylation sites is 3. The molecule has 0 radical (unpaired) electrons. The van der Waals surface area contributed by atoms with E-state index in [1.165, 1.54) is 37.7 Å². The molecule has 3 heterocycles. The summed E-state index contributed by atoms with van der Waals surface area (Å²) in [5.74, 6) is 1.78. The maximum absolute atomic E-state index is 6.37. The van der Waals surface area contributed by atoms with Crippen LogP contribution in [0, 0.1) is 0 Å². The number of nitrogens with zero attached hydrogens (tertiary/aromatic N) is 4. The third-order valence-electron chi connectivity index (χ3n) is 12.4. The summed E-state index contributed by atoms with van der Waals surface area (Å²) in [6, 6.07) is 72.9. The van der Waals surface area contributed by atoms with Gasteiger partial charge in [-0.25, -0.2) is 15.0 Å². The van der Waals surface area contributed by atoms with Crippen molar-refractivity contribution >= 4 is 76.1 Å². The molecular formula is C57H34N4O. The minimum absolute atomic E-state index is 0.576. The molecule has 0 N–H and O–H groups in total. The minimum Gasteiger partial charge on any atom is -0.456 e. The van der Waals surface area contributed by atoms with Gasteiger partial charge < -0.3 is 8.98 Å². The second-order valence-corrected chi connectivity index (χ2v) is 15.9. The lowest BCUT2D eigenvalue weighted by Crippen LogP contribution is -2.01. The Morgan fingerprint density at radius 2 is 0.806 bits per heavy atom. The van der Waals surface area contributed by atoms with Crippen molar-refractivity contribution in [1.29, 1.82) is 0 Å². The zero-order chi connectivity index (χ0) is 40.7. The standard InChI is InChI=1S/C57H34N4O/c1-3-15-35(16-4-1)55-58-56(37-27-29-45-44-24-12-14-26-53(44)62-54(45)32-37)60-57(59-55)50-34-48-42-22-10-8-20-40(42)39-19-7-9-21-41(39)47(48)33-46(50)36-28-30-52-49(31-36)43-23-11-13-25-51(43)61(52)38-17-5-2-6-18-38/h1-34H. The van der Waals surface area contributed by atoms with E-state index >= 15 is 0 Å². The first-order valence-electron chi connectivity index (χ1n) is 20.9.